The van der Waals surface area contributed by atoms with Gasteiger partial charge < -0.3 is 9.84 Å². The lowest BCUT2D eigenvalue weighted by molar-refractivity contribution is -0.104. The number of methoxy groups -OCH3 is 1. The minimum absolute atomic E-state index is 0.105. The Morgan fingerprint density at radius 1 is 1.43 bits per heavy atom. The van der Waals surface area contributed by atoms with Gasteiger partial charge in [0.2, 0.25) is 0 Å². The molecular weight excluding hydrogens is 180 g/mol. The maximum atomic E-state index is 10.1. The van der Waals surface area contributed by atoms with Crippen molar-refractivity contribution in [3.05, 3.63) is 29.3 Å². The van der Waals surface area contributed by atoms with E-state index in [-0.39, 0.29) is 5.75 Å². The van der Waals surface area contributed by atoms with Crippen LogP contribution < -0.4 is 4.74 Å². The number of rotatable bonds is 3. The molecule has 0 aromatic heterocycles. The van der Waals surface area contributed by atoms with Crippen LogP contribution in [0.1, 0.15) is 11.1 Å². The summed E-state index contributed by atoms with van der Waals surface area (Å²) in [5.41, 5.74) is 1.66. The van der Waals surface area contributed by atoms with Gasteiger partial charge in [0.15, 0.2) is 11.5 Å². The summed E-state index contributed by atoms with van der Waals surface area (Å²) < 4.78 is 5.02. The molecule has 3 heteroatoms. The standard InChI is InChI=1S/C11H12O3/c1-8-9(4-3-7-12)5-6-10(13)11(8)14-2/h3-7,13H,1-2H3. The Labute approximate surface area is 82.6 Å². The molecule has 0 saturated carbocycles. The fraction of sp³-hybridized carbons (Fsp3) is 0.182. The van der Waals surface area contributed by atoms with E-state index in [1.165, 1.54) is 19.3 Å². The van der Waals surface area contributed by atoms with Gasteiger partial charge in [0.1, 0.15) is 6.29 Å². The molecule has 0 aliphatic heterocycles. The second-order valence-electron chi connectivity index (χ2n) is 2.83. The Morgan fingerprint density at radius 2 is 2.14 bits per heavy atom. The molecular formula is C11H12O3. The number of hydrogen-bond acceptors (Lipinski definition) is 3. The van der Waals surface area contributed by atoms with Gasteiger partial charge in [-0.1, -0.05) is 12.1 Å². The van der Waals surface area contributed by atoms with Crippen LogP contribution in [0, 0.1) is 6.92 Å². The van der Waals surface area contributed by atoms with Crippen LogP contribution in [0.3, 0.4) is 0 Å². The highest BCUT2D eigenvalue weighted by molar-refractivity contribution is 5.75. The van der Waals surface area contributed by atoms with Crippen molar-refractivity contribution in [2.75, 3.05) is 7.11 Å². The molecule has 1 aromatic rings. The van der Waals surface area contributed by atoms with Crippen LogP contribution in [0.2, 0.25) is 0 Å². The molecule has 74 valence electrons. The first-order valence-corrected chi connectivity index (χ1v) is 4.19. The smallest absolute Gasteiger partial charge is 0.163 e. The molecule has 0 radical (unpaired) electrons. The van der Waals surface area contributed by atoms with E-state index in [9.17, 15) is 9.90 Å². The number of aldehydes is 1. The van der Waals surface area contributed by atoms with E-state index in [1.54, 1.807) is 12.1 Å². The van der Waals surface area contributed by atoms with Gasteiger partial charge in [-0.05, 0) is 24.6 Å². The molecule has 3 nitrogen and oxygen atoms in total. The Kier molecular flexibility index (Phi) is 3.29. The van der Waals surface area contributed by atoms with E-state index in [4.69, 9.17) is 4.74 Å². The van der Waals surface area contributed by atoms with Crippen LogP contribution in [0.15, 0.2) is 18.2 Å². The van der Waals surface area contributed by atoms with Gasteiger partial charge in [-0.15, -0.1) is 0 Å². The topological polar surface area (TPSA) is 46.5 Å². The lowest BCUT2D eigenvalue weighted by atomic mass is 10.1. The van der Waals surface area contributed by atoms with Crippen molar-refractivity contribution in [1.29, 1.82) is 0 Å². The van der Waals surface area contributed by atoms with Gasteiger partial charge in [-0.25, -0.2) is 0 Å². The zero-order valence-corrected chi connectivity index (χ0v) is 8.15. The lowest BCUT2D eigenvalue weighted by Gasteiger charge is -2.09. The van der Waals surface area contributed by atoms with E-state index >= 15 is 0 Å². The van der Waals surface area contributed by atoms with E-state index in [0.29, 0.717) is 12.0 Å². The van der Waals surface area contributed by atoms with Crippen LogP contribution in [-0.4, -0.2) is 18.5 Å². The Morgan fingerprint density at radius 3 is 2.71 bits per heavy atom. The minimum atomic E-state index is 0.105. The van der Waals surface area contributed by atoms with Crippen molar-refractivity contribution >= 4 is 12.4 Å². The Bertz CT molecular complexity index is 367. The highest BCUT2D eigenvalue weighted by Gasteiger charge is 2.07. The summed E-state index contributed by atoms with van der Waals surface area (Å²) in [5.74, 6) is 0.548. The second kappa shape index (κ2) is 4.46. The predicted molar refractivity (Wildman–Crippen MR) is 54.5 cm³/mol. The quantitative estimate of drug-likeness (QED) is 0.588. The third-order valence-corrected chi connectivity index (χ3v) is 1.99. The molecule has 1 aromatic carbocycles. The molecule has 0 unspecified atom stereocenters. The van der Waals surface area contributed by atoms with Gasteiger partial charge in [-0.2, -0.15) is 0 Å². The molecule has 0 amide bonds. The van der Waals surface area contributed by atoms with Crippen molar-refractivity contribution in [1.82, 2.24) is 0 Å². The molecule has 0 heterocycles. The first kappa shape index (κ1) is 10.3. The Balaban J connectivity index is 3.20. The molecule has 14 heavy (non-hydrogen) atoms. The number of hydrogen-bond donors (Lipinski definition) is 1. The van der Waals surface area contributed by atoms with Crippen LogP contribution in [-0.2, 0) is 4.79 Å². The molecule has 0 saturated heterocycles. The van der Waals surface area contributed by atoms with E-state index < -0.39 is 0 Å². The molecule has 1 rings (SSSR count). The van der Waals surface area contributed by atoms with Crippen LogP contribution in [0.4, 0.5) is 0 Å². The largest absolute Gasteiger partial charge is 0.504 e. The fourth-order valence-corrected chi connectivity index (χ4v) is 1.27. The predicted octanol–water partition coefficient (Wildman–Crippen LogP) is 1.92. The average Bonchev–Trinajstić information content (AvgIpc) is 2.18. The summed E-state index contributed by atoms with van der Waals surface area (Å²) in [6, 6.07) is 3.27. The molecule has 0 aliphatic rings. The third kappa shape index (κ3) is 1.93. The van der Waals surface area contributed by atoms with Crippen molar-refractivity contribution in [2.45, 2.75) is 6.92 Å². The normalized spacial score (nSPS) is 10.4. The average molecular weight is 192 g/mol. The monoisotopic (exact) mass is 192 g/mol. The van der Waals surface area contributed by atoms with Gasteiger partial charge in [-0.3, -0.25) is 4.79 Å². The lowest BCUT2D eigenvalue weighted by Crippen LogP contribution is -1.90. The summed E-state index contributed by atoms with van der Waals surface area (Å²) in [7, 11) is 1.50. The first-order valence-electron chi connectivity index (χ1n) is 4.19. The number of aromatic hydroxyl groups is 1. The van der Waals surface area contributed by atoms with Crippen molar-refractivity contribution in [3.63, 3.8) is 0 Å². The zero-order chi connectivity index (χ0) is 10.6. The fourth-order valence-electron chi connectivity index (χ4n) is 1.27. The maximum absolute atomic E-state index is 10.1. The summed E-state index contributed by atoms with van der Waals surface area (Å²) in [4.78, 5) is 10.1. The van der Waals surface area contributed by atoms with E-state index in [1.807, 2.05) is 6.92 Å². The summed E-state index contributed by atoms with van der Waals surface area (Å²) in [5, 5.41) is 9.42. The van der Waals surface area contributed by atoms with Crippen LogP contribution >= 0.6 is 0 Å². The summed E-state index contributed by atoms with van der Waals surface area (Å²) >= 11 is 0. The second-order valence-corrected chi connectivity index (χ2v) is 2.83. The van der Waals surface area contributed by atoms with Gasteiger partial charge in [0.25, 0.3) is 0 Å². The molecule has 0 atom stereocenters. The van der Waals surface area contributed by atoms with Crippen LogP contribution in [0.5, 0.6) is 11.5 Å². The minimum Gasteiger partial charge on any atom is -0.504 e. The molecule has 0 aliphatic carbocycles. The number of carbonyl (C=O) groups excluding carboxylic acids is 1. The zero-order valence-electron chi connectivity index (χ0n) is 8.15. The van der Waals surface area contributed by atoms with Gasteiger partial charge >= 0.3 is 0 Å². The van der Waals surface area contributed by atoms with Gasteiger partial charge in [0, 0.05) is 5.56 Å². The van der Waals surface area contributed by atoms with Crippen molar-refractivity contribution in [2.24, 2.45) is 0 Å². The van der Waals surface area contributed by atoms with Gasteiger partial charge in [0.05, 0.1) is 7.11 Å². The number of phenolic OH excluding ortho intramolecular Hbond substituents is 1. The summed E-state index contributed by atoms with van der Waals surface area (Å²) in [6.45, 7) is 1.82. The highest BCUT2D eigenvalue weighted by Crippen LogP contribution is 2.32. The number of ether oxygens (including phenoxy) is 1. The van der Waals surface area contributed by atoms with Crippen molar-refractivity contribution < 1.29 is 14.6 Å². The number of allylic oxidation sites excluding steroid dienone is 1. The SMILES string of the molecule is COc1c(O)ccc(C=CC=O)c1C. The third-order valence-electron chi connectivity index (χ3n) is 1.99. The van der Waals surface area contributed by atoms with Crippen LogP contribution in [0.25, 0.3) is 6.08 Å². The number of benzene rings is 1. The first-order chi connectivity index (χ1) is 6.70. The molecule has 1 N–H and O–H groups in total. The van der Waals surface area contributed by atoms with E-state index in [0.717, 1.165) is 11.1 Å². The number of carbonyl (C=O) groups is 1. The molecule has 0 spiro atoms. The van der Waals surface area contributed by atoms with E-state index in [2.05, 4.69) is 0 Å². The molecule has 0 fully saturated rings. The Hall–Kier alpha value is -1.77. The molecule has 0 bridgehead atoms. The maximum Gasteiger partial charge on any atom is 0.163 e. The summed E-state index contributed by atoms with van der Waals surface area (Å²) in [6.07, 6.45) is 3.78. The highest BCUT2D eigenvalue weighted by atomic mass is 16.5. The number of phenols is 1. The van der Waals surface area contributed by atoms with Crippen molar-refractivity contribution in [3.8, 4) is 11.5 Å².